The Balaban J connectivity index is 2.09. The first-order valence-electron chi connectivity index (χ1n) is 6.46. The van der Waals surface area contributed by atoms with Crippen molar-refractivity contribution in [1.82, 2.24) is 9.03 Å². The highest BCUT2D eigenvalue weighted by Gasteiger charge is 2.40. The van der Waals surface area contributed by atoms with Crippen molar-refractivity contribution in [1.29, 1.82) is 0 Å². The molecule has 1 saturated carbocycles. The summed E-state index contributed by atoms with van der Waals surface area (Å²) in [6.45, 7) is 2.22. The number of hydrogen-bond acceptors (Lipinski definition) is 3. The van der Waals surface area contributed by atoms with Gasteiger partial charge in [0.1, 0.15) is 0 Å². The largest absolute Gasteiger partial charge is 0.287 e. The lowest BCUT2D eigenvalue weighted by atomic mass is 10.2. The van der Waals surface area contributed by atoms with Crippen LogP contribution in [0.3, 0.4) is 0 Å². The van der Waals surface area contributed by atoms with Gasteiger partial charge in [-0.15, -0.1) is 0 Å². The van der Waals surface area contributed by atoms with Crippen LogP contribution in [0.1, 0.15) is 39.0 Å². The molecular formula is C13H24N2OS. The van der Waals surface area contributed by atoms with Crippen LogP contribution in [0.4, 0.5) is 0 Å². The summed E-state index contributed by atoms with van der Waals surface area (Å²) in [6.07, 6.45) is 10.5. The number of amides is 1. The first-order valence-corrected chi connectivity index (χ1v) is 7.23. The molecule has 0 spiro atoms. The molecule has 4 heteroatoms. The zero-order valence-corrected chi connectivity index (χ0v) is 11.9. The number of carbonyl (C=O) groups is 1. The standard InChI is InChI=1S/C13H24N2OS/c1-4-5-6-7-8-9-11-10-12(11)13(16)14-17-15(2)3/h8-9,11-12H,4-7,10H2,1-3H3,(H,14,16)/b9-8-. The third-order valence-corrected chi connectivity index (χ3v) is 3.52. The zero-order valence-electron chi connectivity index (χ0n) is 11.1. The molecule has 0 aliphatic heterocycles. The summed E-state index contributed by atoms with van der Waals surface area (Å²) in [5.41, 5.74) is 0. The second-order valence-corrected chi connectivity index (χ2v) is 5.92. The van der Waals surface area contributed by atoms with E-state index in [9.17, 15) is 4.79 Å². The van der Waals surface area contributed by atoms with Gasteiger partial charge in [-0.3, -0.25) is 9.52 Å². The number of rotatable bonds is 8. The van der Waals surface area contributed by atoms with E-state index >= 15 is 0 Å². The van der Waals surface area contributed by atoms with Gasteiger partial charge in [0.2, 0.25) is 5.91 Å². The molecular weight excluding hydrogens is 232 g/mol. The van der Waals surface area contributed by atoms with Crippen LogP contribution in [0.5, 0.6) is 0 Å². The Morgan fingerprint density at radius 1 is 1.47 bits per heavy atom. The Morgan fingerprint density at radius 2 is 2.24 bits per heavy atom. The summed E-state index contributed by atoms with van der Waals surface area (Å²) in [5, 5.41) is 0. The highest BCUT2D eigenvalue weighted by atomic mass is 32.2. The van der Waals surface area contributed by atoms with Gasteiger partial charge in [0.15, 0.2) is 0 Å². The molecule has 2 unspecified atom stereocenters. The van der Waals surface area contributed by atoms with E-state index in [1.54, 1.807) is 0 Å². The molecule has 3 nitrogen and oxygen atoms in total. The summed E-state index contributed by atoms with van der Waals surface area (Å²) in [6, 6.07) is 0. The minimum Gasteiger partial charge on any atom is -0.287 e. The molecule has 1 aliphatic rings. The van der Waals surface area contributed by atoms with E-state index in [1.807, 2.05) is 18.4 Å². The maximum absolute atomic E-state index is 11.7. The molecule has 1 rings (SSSR count). The number of nitrogens with zero attached hydrogens (tertiary/aromatic N) is 1. The van der Waals surface area contributed by atoms with Gasteiger partial charge in [0.25, 0.3) is 0 Å². The van der Waals surface area contributed by atoms with Crippen molar-refractivity contribution in [3.05, 3.63) is 12.2 Å². The third-order valence-electron chi connectivity index (χ3n) is 2.86. The number of unbranched alkanes of at least 4 members (excludes halogenated alkanes) is 3. The normalized spacial score (nSPS) is 23.3. The maximum atomic E-state index is 11.7. The van der Waals surface area contributed by atoms with Crippen LogP contribution in [-0.2, 0) is 4.79 Å². The van der Waals surface area contributed by atoms with E-state index < -0.39 is 0 Å². The monoisotopic (exact) mass is 256 g/mol. The molecule has 0 aromatic carbocycles. The molecule has 0 saturated heterocycles. The van der Waals surface area contributed by atoms with Gasteiger partial charge in [0.05, 0.1) is 0 Å². The first-order chi connectivity index (χ1) is 8.15. The molecule has 17 heavy (non-hydrogen) atoms. The highest BCUT2D eigenvalue weighted by Crippen LogP contribution is 2.40. The van der Waals surface area contributed by atoms with Crippen molar-refractivity contribution in [2.75, 3.05) is 14.1 Å². The molecule has 1 fully saturated rings. The fourth-order valence-corrected chi connectivity index (χ4v) is 2.15. The van der Waals surface area contributed by atoms with Crippen molar-refractivity contribution < 1.29 is 4.79 Å². The van der Waals surface area contributed by atoms with Crippen LogP contribution < -0.4 is 4.72 Å². The van der Waals surface area contributed by atoms with Crippen molar-refractivity contribution in [2.45, 2.75) is 39.0 Å². The lowest BCUT2D eigenvalue weighted by Crippen LogP contribution is -2.22. The Morgan fingerprint density at radius 3 is 2.88 bits per heavy atom. The number of nitrogens with one attached hydrogen (secondary N) is 1. The summed E-state index contributed by atoms with van der Waals surface area (Å²) in [5.74, 6) is 0.871. The Labute approximate surface area is 109 Å². The summed E-state index contributed by atoms with van der Waals surface area (Å²) >= 11 is 1.35. The molecule has 1 N–H and O–H groups in total. The van der Waals surface area contributed by atoms with Crippen molar-refractivity contribution >= 4 is 18.0 Å². The van der Waals surface area contributed by atoms with E-state index in [0.29, 0.717) is 5.92 Å². The molecule has 1 amide bonds. The highest BCUT2D eigenvalue weighted by molar-refractivity contribution is 7.95. The van der Waals surface area contributed by atoms with E-state index in [4.69, 9.17) is 0 Å². The predicted octanol–water partition coefficient (Wildman–Crippen LogP) is 3.00. The van der Waals surface area contributed by atoms with Crippen LogP contribution >= 0.6 is 12.1 Å². The Kier molecular flexibility index (Phi) is 6.66. The van der Waals surface area contributed by atoms with Crippen LogP contribution in [0.25, 0.3) is 0 Å². The molecule has 0 heterocycles. The SMILES string of the molecule is CCCCC/C=C\C1CC1C(=O)NSN(C)C. The number of allylic oxidation sites excluding steroid dienone is 2. The molecule has 0 aromatic heterocycles. The fraction of sp³-hybridized carbons (Fsp3) is 0.769. The van der Waals surface area contributed by atoms with Crippen LogP contribution in [-0.4, -0.2) is 24.3 Å². The predicted molar refractivity (Wildman–Crippen MR) is 74.3 cm³/mol. The molecule has 0 bridgehead atoms. The molecule has 98 valence electrons. The summed E-state index contributed by atoms with van der Waals surface area (Å²) < 4.78 is 4.74. The maximum Gasteiger partial charge on any atom is 0.234 e. The van der Waals surface area contributed by atoms with Gasteiger partial charge in [-0.1, -0.05) is 31.9 Å². The Hall–Kier alpha value is -0.480. The average molecular weight is 256 g/mol. The second kappa shape index (κ2) is 7.77. The van der Waals surface area contributed by atoms with E-state index in [0.717, 1.165) is 12.8 Å². The summed E-state index contributed by atoms with van der Waals surface area (Å²) in [4.78, 5) is 11.7. The van der Waals surface area contributed by atoms with Gasteiger partial charge in [0, 0.05) is 18.1 Å². The van der Waals surface area contributed by atoms with Crippen LogP contribution in [0, 0.1) is 11.8 Å². The van der Waals surface area contributed by atoms with Crippen molar-refractivity contribution in [3.8, 4) is 0 Å². The number of carbonyl (C=O) groups excluding carboxylic acids is 1. The third kappa shape index (κ3) is 6.13. The lowest BCUT2D eigenvalue weighted by molar-refractivity contribution is -0.120. The average Bonchev–Trinajstić information content (AvgIpc) is 3.05. The minimum absolute atomic E-state index is 0.173. The molecule has 2 atom stereocenters. The van der Waals surface area contributed by atoms with Gasteiger partial charge in [-0.2, -0.15) is 0 Å². The van der Waals surface area contributed by atoms with E-state index in [2.05, 4.69) is 23.8 Å². The quantitative estimate of drug-likeness (QED) is 0.411. The molecule has 1 aliphatic carbocycles. The van der Waals surface area contributed by atoms with Gasteiger partial charge >= 0.3 is 0 Å². The van der Waals surface area contributed by atoms with Crippen LogP contribution in [0.2, 0.25) is 0 Å². The van der Waals surface area contributed by atoms with Gasteiger partial charge in [-0.25, -0.2) is 4.31 Å². The molecule has 0 radical (unpaired) electrons. The van der Waals surface area contributed by atoms with Crippen LogP contribution in [0.15, 0.2) is 12.2 Å². The lowest BCUT2D eigenvalue weighted by Gasteiger charge is -2.08. The zero-order chi connectivity index (χ0) is 12.7. The van der Waals surface area contributed by atoms with Gasteiger partial charge < -0.3 is 0 Å². The smallest absolute Gasteiger partial charge is 0.234 e. The Bertz CT molecular complexity index is 266. The van der Waals surface area contributed by atoms with Crippen molar-refractivity contribution in [3.63, 3.8) is 0 Å². The van der Waals surface area contributed by atoms with Gasteiger partial charge in [-0.05, 0) is 39.3 Å². The first kappa shape index (κ1) is 14.6. The van der Waals surface area contributed by atoms with Crippen molar-refractivity contribution in [2.24, 2.45) is 11.8 Å². The van der Waals surface area contributed by atoms with E-state index in [-0.39, 0.29) is 11.8 Å². The topological polar surface area (TPSA) is 32.3 Å². The molecule has 0 aromatic rings. The fourth-order valence-electron chi connectivity index (χ4n) is 1.72. The number of hydrogen-bond donors (Lipinski definition) is 1. The van der Waals surface area contributed by atoms with E-state index in [1.165, 1.54) is 31.4 Å². The minimum atomic E-state index is 0.173. The second-order valence-electron chi connectivity index (χ2n) is 4.80. The summed E-state index contributed by atoms with van der Waals surface area (Å²) in [7, 11) is 3.84.